The van der Waals surface area contributed by atoms with Crippen molar-refractivity contribution in [2.75, 3.05) is 18.6 Å². The first-order valence-corrected chi connectivity index (χ1v) is 14.9. The van der Waals surface area contributed by atoms with Crippen molar-refractivity contribution in [3.8, 4) is 11.5 Å². The Balaban J connectivity index is 1.41. The number of halogens is 1. The van der Waals surface area contributed by atoms with E-state index in [1.807, 2.05) is 86.3 Å². The van der Waals surface area contributed by atoms with E-state index in [0.29, 0.717) is 29.2 Å². The summed E-state index contributed by atoms with van der Waals surface area (Å²) in [7, 11) is 1.61. The number of amides is 1. The quantitative estimate of drug-likeness (QED) is 0.329. The lowest BCUT2D eigenvalue weighted by Crippen LogP contribution is -2.54. The van der Waals surface area contributed by atoms with Crippen LogP contribution in [0.25, 0.3) is 0 Å². The minimum absolute atomic E-state index is 0.0193. The SMILES string of the molecule is COc1cc2c(cc1OC(C)C)C(c1ccc(Cl)cc1)N(c1ccc(C(C)(O)C34CCC(CC3)OC4)cc1)C(=O)C2. The van der Waals surface area contributed by atoms with Crippen molar-refractivity contribution in [1.29, 1.82) is 0 Å². The number of aliphatic hydroxyl groups is 1. The molecule has 1 aliphatic carbocycles. The van der Waals surface area contributed by atoms with Crippen molar-refractivity contribution in [2.24, 2.45) is 5.41 Å². The highest BCUT2D eigenvalue weighted by atomic mass is 35.5. The van der Waals surface area contributed by atoms with E-state index >= 15 is 0 Å². The minimum Gasteiger partial charge on any atom is -0.493 e. The maximum atomic E-state index is 13.9. The molecule has 4 aliphatic rings. The van der Waals surface area contributed by atoms with Gasteiger partial charge in [-0.05, 0) is 105 Å². The number of ether oxygens (including phenoxy) is 3. The van der Waals surface area contributed by atoms with Gasteiger partial charge in [0.05, 0.1) is 44.0 Å². The van der Waals surface area contributed by atoms with Gasteiger partial charge in [0.1, 0.15) is 0 Å². The van der Waals surface area contributed by atoms with Gasteiger partial charge in [-0.15, -0.1) is 0 Å². The fourth-order valence-corrected chi connectivity index (χ4v) is 7.07. The molecule has 3 aliphatic heterocycles. The maximum Gasteiger partial charge on any atom is 0.232 e. The number of hydrogen-bond acceptors (Lipinski definition) is 5. The molecule has 3 heterocycles. The third-order valence-electron chi connectivity index (χ3n) is 9.36. The zero-order chi connectivity index (χ0) is 28.9. The van der Waals surface area contributed by atoms with Gasteiger partial charge in [-0.2, -0.15) is 0 Å². The maximum absolute atomic E-state index is 13.9. The monoisotopic (exact) mass is 575 g/mol. The number of anilines is 1. The van der Waals surface area contributed by atoms with Gasteiger partial charge in [0.2, 0.25) is 5.91 Å². The molecule has 2 unspecified atom stereocenters. The Hall–Kier alpha value is -3.06. The van der Waals surface area contributed by atoms with Crippen LogP contribution in [0.4, 0.5) is 5.69 Å². The standard InChI is InChI=1S/C34H38ClNO5/c1-21(2)41-30-19-28-23(17-29(30)39-4)18-31(37)36(32(28)22-5-9-25(35)10-6-22)26-11-7-24(8-12-26)33(3,38)34-15-13-27(14-16-34)40-20-34/h5-12,17,19,21,27,32,38H,13-16,18,20H2,1-4H3. The number of hydrogen-bond donors (Lipinski definition) is 1. The number of carbonyl (C=O) groups excluding carboxylic acids is 1. The van der Waals surface area contributed by atoms with Gasteiger partial charge in [0.25, 0.3) is 0 Å². The number of nitrogens with zero attached hydrogens (tertiary/aromatic N) is 1. The van der Waals surface area contributed by atoms with Crippen molar-refractivity contribution in [1.82, 2.24) is 0 Å². The second-order valence-electron chi connectivity index (χ2n) is 12.2. The zero-order valence-corrected chi connectivity index (χ0v) is 24.9. The Morgan fingerprint density at radius 1 is 1.05 bits per heavy atom. The molecule has 7 rings (SSSR count). The number of carbonyl (C=O) groups is 1. The molecular formula is C34H38ClNO5. The van der Waals surface area contributed by atoms with Crippen molar-refractivity contribution >= 4 is 23.2 Å². The average molecular weight is 576 g/mol. The van der Waals surface area contributed by atoms with Crippen LogP contribution in [0.3, 0.4) is 0 Å². The Morgan fingerprint density at radius 3 is 2.32 bits per heavy atom. The summed E-state index contributed by atoms with van der Waals surface area (Å²) in [4.78, 5) is 15.7. The first-order chi connectivity index (χ1) is 19.6. The van der Waals surface area contributed by atoms with Crippen LogP contribution in [-0.2, 0) is 21.6 Å². The summed E-state index contributed by atoms with van der Waals surface area (Å²) in [6.07, 6.45) is 4.42. The molecule has 41 heavy (non-hydrogen) atoms. The van der Waals surface area contributed by atoms with Crippen LogP contribution in [0, 0.1) is 5.41 Å². The molecule has 2 saturated heterocycles. The molecule has 216 valence electrons. The van der Waals surface area contributed by atoms with Gasteiger partial charge in [0, 0.05) is 16.1 Å². The third kappa shape index (κ3) is 4.90. The predicted molar refractivity (Wildman–Crippen MR) is 160 cm³/mol. The fraction of sp³-hybridized carbons (Fsp3) is 0.441. The van der Waals surface area contributed by atoms with Gasteiger partial charge < -0.3 is 24.2 Å². The second kappa shape index (κ2) is 10.6. The van der Waals surface area contributed by atoms with E-state index in [9.17, 15) is 9.90 Å². The van der Waals surface area contributed by atoms with E-state index in [2.05, 4.69) is 0 Å². The predicted octanol–water partition coefficient (Wildman–Crippen LogP) is 6.98. The van der Waals surface area contributed by atoms with Gasteiger partial charge in [-0.3, -0.25) is 4.79 Å². The lowest BCUT2D eigenvalue weighted by Gasteiger charge is -2.53. The van der Waals surface area contributed by atoms with Crippen LogP contribution in [-0.4, -0.2) is 36.9 Å². The van der Waals surface area contributed by atoms with E-state index in [-0.39, 0.29) is 23.8 Å². The molecule has 0 spiro atoms. The second-order valence-corrected chi connectivity index (χ2v) is 12.6. The smallest absolute Gasteiger partial charge is 0.232 e. The summed E-state index contributed by atoms with van der Waals surface area (Å²) in [5.74, 6) is 1.24. The molecule has 3 aromatic carbocycles. The normalized spacial score (nSPS) is 25.1. The molecule has 1 N–H and O–H groups in total. The number of benzene rings is 3. The molecule has 0 radical (unpaired) electrons. The molecule has 2 atom stereocenters. The largest absolute Gasteiger partial charge is 0.493 e. The molecule has 3 fully saturated rings. The Morgan fingerprint density at radius 2 is 1.73 bits per heavy atom. The molecule has 6 nitrogen and oxygen atoms in total. The van der Waals surface area contributed by atoms with Crippen LogP contribution >= 0.6 is 11.6 Å². The van der Waals surface area contributed by atoms with Crippen molar-refractivity contribution < 1.29 is 24.1 Å². The summed E-state index contributed by atoms with van der Waals surface area (Å²) in [5, 5.41) is 12.5. The first kappa shape index (κ1) is 28.1. The van der Waals surface area contributed by atoms with E-state index in [1.54, 1.807) is 7.11 Å². The highest BCUT2D eigenvalue weighted by Crippen LogP contribution is 2.54. The highest BCUT2D eigenvalue weighted by Gasteiger charge is 2.53. The first-order valence-electron chi connectivity index (χ1n) is 14.5. The summed E-state index contributed by atoms with van der Waals surface area (Å²) in [5.41, 5.74) is 3.11. The van der Waals surface area contributed by atoms with Crippen molar-refractivity contribution in [2.45, 2.75) is 76.7 Å². The number of methoxy groups -OCH3 is 1. The lowest BCUT2D eigenvalue weighted by molar-refractivity contribution is -0.202. The van der Waals surface area contributed by atoms with Crippen molar-refractivity contribution in [3.05, 3.63) is 87.9 Å². The van der Waals surface area contributed by atoms with Gasteiger partial charge in [-0.25, -0.2) is 0 Å². The van der Waals surface area contributed by atoms with Crippen molar-refractivity contribution in [3.63, 3.8) is 0 Å². The van der Waals surface area contributed by atoms with E-state index in [1.165, 1.54) is 0 Å². The summed E-state index contributed by atoms with van der Waals surface area (Å²) in [6.45, 7) is 6.45. The van der Waals surface area contributed by atoms with E-state index in [0.717, 1.165) is 53.6 Å². The Kier molecular flexibility index (Phi) is 7.29. The summed E-state index contributed by atoms with van der Waals surface area (Å²) in [6, 6.07) is 19.0. The molecule has 1 saturated carbocycles. The van der Waals surface area contributed by atoms with Gasteiger partial charge >= 0.3 is 0 Å². The van der Waals surface area contributed by atoms with Gasteiger partial charge in [-0.1, -0.05) is 35.9 Å². The third-order valence-corrected chi connectivity index (χ3v) is 9.61. The Labute approximate surface area is 247 Å². The molecule has 0 aromatic heterocycles. The topological polar surface area (TPSA) is 68.2 Å². The average Bonchev–Trinajstić information content (AvgIpc) is 2.97. The van der Waals surface area contributed by atoms with E-state index in [4.69, 9.17) is 25.8 Å². The highest BCUT2D eigenvalue weighted by molar-refractivity contribution is 6.30. The van der Waals surface area contributed by atoms with Crippen LogP contribution in [0.5, 0.6) is 11.5 Å². The summed E-state index contributed by atoms with van der Waals surface area (Å²) < 4.78 is 17.8. The van der Waals surface area contributed by atoms with Gasteiger partial charge in [0.15, 0.2) is 11.5 Å². The molecule has 1 amide bonds. The lowest BCUT2D eigenvalue weighted by atomic mass is 9.60. The number of rotatable bonds is 7. The molecule has 3 aromatic rings. The number of fused-ring (bicyclic) bond motifs is 4. The van der Waals surface area contributed by atoms with E-state index < -0.39 is 11.6 Å². The fourth-order valence-electron chi connectivity index (χ4n) is 6.94. The summed E-state index contributed by atoms with van der Waals surface area (Å²) >= 11 is 6.26. The molecular weight excluding hydrogens is 538 g/mol. The molecule has 7 heteroatoms. The van der Waals surface area contributed by atoms with Crippen LogP contribution < -0.4 is 14.4 Å². The van der Waals surface area contributed by atoms with Crippen LogP contribution in [0.1, 0.15) is 74.8 Å². The minimum atomic E-state index is -1.04. The molecule has 2 bridgehead atoms. The van der Waals surface area contributed by atoms with Crippen LogP contribution in [0.2, 0.25) is 5.02 Å². The zero-order valence-electron chi connectivity index (χ0n) is 24.2. The van der Waals surface area contributed by atoms with Crippen LogP contribution in [0.15, 0.2) is 60.7 Å². The Bertz CT molecular complexity index is 1410.